The smallest absolute Gasteiger partial charge is 0.237 e. The van der Waals surface area contributed by atoms with Gasteiger partial charge < -0.3 is 14.8 Å². The largest absolute Gasteiger partial charge is 0.497 e. The van der Waals surface area contributed by atoms with Crippen LogP contribution in [-0.4, -0.2) is 68.2 Å². The first-order chi connectivity index (χ1) is 14.5. The van der Waals surface area contributed by atoms with Crippen molar-refractivity contribution in [1.29, 1.82) is 0 Å². The average molecular weight is 416 g/mol. The van der Waals surface area contributed by atoms with Gasteiger partial charge in [-0.15, -0.1) is 0 Å². The number of nitrogens with one attached hydrogen (secondary N) is 1. The molecule has 0 radical (unpaired) electrons. The van der Waals surface area contributed by atoms with Crippen LogP contribution in [0.1, 0.15) is 12.5 Å². The lowest BCUT2D eigenvalue weighted by atomic mass is 10.2. The maximum atomic E-state index is 13.0. The lowest BCUT2D eigenvalue weighted by Gasteiger charge is -2.37. The summed E-state index contributed by atoms with van der Waals surface area (Å²) in [5.41, 5.74) is 0.888. The maximum absolute atomic E-state index is 13.0. The highest BCUT2D eigenvalue weighted by molar-refractivity contribution is 5.81. The quantitative estimate of drug-likeness (QED) is 0.682. The molecule has 1 aliphatic heterocycles. The molecule has 0 spiro atoms. The summed E-state index contributed by atoms with van der Waals surface area (Å²) < 4.78 is 23.9. The van der Waals surface area contributed by atoms with Crippen molar-refractivity contribution < 1.29 is 18.7 Å². The maximum Gasteiger partial charge on any atom is 0.237 e. The van der Waals surface area contributed by atoms with Gasteiger partial charge in [0.05, 0.1) is 13.2 Å². The summed E-state index contributed by atoms with van der Waals surface area (Å²) in [4.78, 5) is 17.0. The Labute approximate surface area is 177 Å². The van der Waals surface area contributed by atoms with Gasteiger partial charge in [0.1, 0.15) is 23.9 Å². The number of ether oxygens (including phenoxy) is 2. The molecule has 0 aliphatic carbocycles. The third kappa shape index (κ3) is 6.43. The number of hydrogen-bond acceptors (Lipinski definition) is 5. The summed E-state index contributed by atoms with van der Waals surface area (Å²) in [6.07, 6.45) is 0. The third-order valence-corrected chi connectivity index (χ3v) is 5.45. The van der Waals surface area contributed by atoms with Crippen LogP contribution in [0.5, 0.6) is 11.5 Å². The van der Waals surface area contributed by atoms with E-state index in [0.29, 0.717) is 13.2 Å². The number of hydrogen-bond donors (Lipinski definition) is 1. The second kappa shape index (κ2) is 10.9. The van der Waals surface area contributed by atoms with Crippen molar-refractivity contribution in [3.05, 3.63) is 59.9 Å². The molecule has 1 atom stereocenters. The molecule has 6 nitrogen and oxygen atoms in total. The van der Waals surface area contributed by atoms with Crippen LogP contribution in [0.4, 0.5) is 4.39 Å². The highest BCUT2D eigenvalue weighted by Crippen LogP contribution is 2.17. The number of rotatable bonds is 9. The van der Waals surface area contributed by atoms with E-state index >= 15 is 0 Å². The fourth-order valence-corrected chi connectivity index (χ4v) is 3.44. The Hall–Kier alpha value is -2.64. The molecule has 1 fully saturated rings. The minimum Gasteiger partial charge on any atom is -0.497 e. The predicted octanol–water partition coefficient (Wildman–Crippen LogP) is 2.54. The Bertz CT molecular complexity index is 790. The first-order valence-electron chi connectivity index (χ1n) is 10.3. The van der Waals surface area contributed by atoms with Gasteiger partial charge in [-0.25, -0.2) is 4.39 Å². The van der Waals surface area contributed by atoms with E-state index in [1.54, 1.807) is 19.2 Å². The average Bonchev–Trinajstić information content (AvgIpc) is 2.79. The molecule has 7 heteroatoms. The van der Waals surface area contributed by atoms with Gasteiger partial charge in [-0.05, 0) is 48.9 Å². The molecule has 162 valence electrons. The van der Waals surface area contributed by atoms with Gasteiger partial charge in [-0.3, -0.25) is 14.6 Å². The van der Waals surface area contributed by atoms with E-state index in [1.165, 1.54) is 12.1 Å². The molecule has 0 bridgehead atoms. The number of halogens is 1. The SMILES string of the molecule is COc1ccc(OCCN2CCN([C@H](C)C(=O)NCc3ccc(F)cc3)CC2)cc1. The van der Waals surface area contributed by atoms with Crippen LogP contribution in [0.25, 0.3) is 0 Å². The number of carbonyl (C=O) groups is 1. The van der Waals surface area contributed by atoms with E-state index in [-0.39, 0.29) is 17.8 Å². The van der Waals surface area contributed by atoms with E-state index in [2.05, 4.69) is 15.1 Å². The third-order valence-electron chi connectivity index (χ3n) is 5.45. The number of nitrogens with zero attached hydrogens (tertiary/aromatic N) is 2. The first-order valence-corrected chi connectivity index (χ1v) is 10.3. The minimum absolute atomic E-state index is 0.00406. The standard InChI is InChI=1S/C23H30FN3O3/c1-18(23(28)25-17-19-3-5-20(24)6-4-19)27-13-11-26(12-14-27)15-16-30-22-9-7-21(29-2)8-10-22/h3-10,18H,11-17H2,1-2H3,(H,25,28)/t18-/m1/s1. The minimum atomic E-state index is -0.272. The van der Waals surface area contributed by atoms with Crippen LogP contribution >= 0.6 is 0 Å². The molecule has 30 heavy (non-hydrogen) atoms. The van der Waals surface area contributed by atoms with Gasteiger partial charge in [0.15, 0.2) is 0 Å². The molecular weight excluding hydrogens is 385 g/mol. The number of piperazine rings is 1. The second-order valence-corrected chi connectivity index (χ2v) is 7.42. The van der Waals surface area contributed by atoms with E-state index in [0.717, 1.165) is 49.8 Å². The van der Waals surface area contributed by atoms with E-state index in [1.807, 2.05) is 31.2 Å². The van der Waals surface area contributed by atoms with Crippen molar-refractivity contribution in [3.63, 3.8) is 0 Å². The molecule has 1 saturated heterocycles. The lowest BCUT2D eigenvalue weighted by Crippen LogP contribution is -2.54. The molecule has 3 rings (SSSR count). The van der Waals surface area contributed by atoms with Gasteiger partial charge in [-0.1, -0.05) is 12.1 Å². The Morgan fingerprint density at radius 1 is 1.03 bits per heavy atom. The van der Waals surface area contributed by atoms with Crippen molar-refractivity contribution in [2.75, 3.05) is 46.4 Å². The molecule has 2 aromatic carbocycles. The zero-order valence-electron chi connectivity index (χ0n) is 17.6. The van der Waals surface area contributed by atoms with Crippen LogP contribution in [0.2, 0.25) is 0 Å². The van der Waals surface area contributed by atoms with Gasteiger partial charge in [-0.2, -0.15) is 0 Å². The summed E-state index contributed by atoms with van der Waals surface area (Å²) in [5.74, 6) is 1.37. The first kappa shape index (κ1) is 22.1. The highest BCUT2D eigenvalue weighted by Gasteiger charge is 2.25. The van der Waals surface area contributed by atoms with E-state index < -0.39 is 0 Å². The monoisotopic (exact) mass is 415 g/mol. The summed E-state index contributed by atoms with van der Waals surface area (Å²) in [6.45, 7) is 7.31. The van der Waals surface area contributed by atoms with Crippen LogP contribution in [0.15, 0.2) is 48.5 Å². The van der Waals surface area contributed by atoms with Crippen LogP contribution < -0.4 is 14.8 Å². The molecule has 1 aliphatic rings. The summed E-state index contributed by atoms with van der Waals surface area (Å²) in [7, 11) is 1.64. The van der Waals surface area contributed by atoms with Crippen molar-refractivity contribution in [1.82, 2.24) is 15.1 Å². The van der Waals surface area contributed by atoms with E-state index in [4.69, 9.17) is 9.47 Å². The fraction of sp³-hybridized carbons (Fsp3) is 0.435. The van der Waals surface area contributed by atoms with Gasteiger partial charge in [0.2, 0.25) is 5.91 Å². The predicted molar refractivity (Wildman–Crippen MR) is 114 cm³/mol. The van der Waals surface area contributed by atoms with E-state index in [9.17, 15) is 9.18 Å². The molecule has 0 aromatic heterocycles. The summed E-state index contributed by atoms with van der Waals surface area (Å²) >= 11 is 0. The molecule has 0 unspecified atom stereocenters. The second-order valence-electron chi connectivity index (χ2n) is 7.42. The molecule has 1 heterocycles. The van der Waals surface area contributed by atoms with Crippen molar-refractivity contribution in [2.45, 2.75) is 19.5 Å². The van der Waals surface area contributed by atoms with Crippen LogP contribution in [0.3, 0.4) is 0 Å². The zero-order chi connectivity index (χ0) is 21.3. The Kier molecular flexibility index (Phi) is 8.04. The molecule has 1 N–H and O–H groups in total. The number of methoxy groups -OCH3 is 1. The molecule has 0 saturated carbocycles. The topological polar surface area (TPSA) is 54.0 Å². The zero-order valence-corrected chi connectivity index (χ0v) is 17.6. The molecule has 2 aromatic rings. The van der Waals surface area contributed by atoms with Gasteiger partial charge in [0.25, 0.3) is 0 Å². The fourth-order valence-electron chi connectivity index (χ4n) is 3.44. The van der Waals surface area contributed by atoms with Gasteiger partial charge >= 0.3 is 0 Å². The Morgan fingerprint density at radius 3 is 2.30 bits per heavy atom. The Morgan fingerprint density at radius 2 is 1.67 bits per heavy atom. The summed E-state index contributed by atoms with van der Waals surface area (Å²) in [6, 6.07) is 13.6. The van der Waals surface area contributed by atoms with Gasteiger partial charge in [0, 0.05) is 39.3 Å². The van der Waals surface area contributed by atoms with Crippen molar-refractivity contribution in [3.8, 4) is 11.5 Å². The Balaban J connectivity index is 1.34. The van der Waals surface area contributed by atoms with Crippen molar-refractivity contribution >= 4 is 5.91 Å². The number of benzene rings is 2. The number of amides is 1. The molecule has 1 amide bonds. The summed E-state index contributed by atoms with van der Waals surface area (Å²) in [5, 5.41) is 2.94. The molecular formula is C23H30FN3O3. The van der Waals surface area contributed by atoms with Crippen molar-refractivity contribution in [2.24, 2.45) is 0 Å². The lowest BCUT2D eigenvalue weighted by molar-refractivity contribution is -0.126. The normalized spacial score (nSPS) is 16.1. The van der Waals surface area contributed by atoms with Crippen LogP contribution in [0, 0.1) is 5.82 Å². The number of carbonyl (C=O) groups excluding carboxylic acids is 1. The highest BCUT2D eigenvalue weighted by atomic mass is 19.1. The van der Waals surface area contributed by atoms with Crippen LogP contribution in [-0.2, 0) is 11.3 Å².